The first-order valence-electron chi connectivity index (χ1n) is 7.81. The lowest BCUT2D eigenvalue weighted by molar-refractivity contribution is -0.118. The van der Waals surface area contributed by atoms with E-state index in [1.54, 1.807) is 18.7 Å². The van der Waals surface area contributed by atoms with Crippen molar-refractivity contribution in [1.82, 2.24) is 19.5 Å². The molecule has 4 rings (SSSR count). The van der Waals surface area contributed by atoms with Gasteiger partial charge in [0.05, 0.1) is 23.1 Å². The molecular weight excluding hydrogens is 334 g/mol. The minimum absolute atomic E-state index is 0.129. The van der Waals surface area contributed by atoms with Crippen LogP contribution in [0.4, 0.5) is 5.13 Å². The molecule has 0 saturated carbocycles. The Morgan fingerprint density at radius 2 is 2.12 bits per heavy atom. The van der Waals surface area contributed by atoms with Gasteiger partial charge in [-0.1, -0.05) is 12.1 Å². The van der Waals surface area contributed by atoms with Crippen molar-refractivity contribution in [2.45, 2.75) is 13.0 Å². The number of fused-ring (bicyclic) bond motifs is 1. The van der Waals surface area contributed by atoms with E-state index in [1.807, 2.05) is 53.3 Å². The lowest BCUT2D eigenvalue weighted by Gasteiger charge is -2.13. The first-order chi connectivity index (χ1) is 12.2. The van der Waals surface area contributed by atoms with Crippen molar-refractivity contribution in [3.05, 3.63) is 60.5 Å². The van der Waals surface area contributed by atoms with E-state index < -0.39 is 6.04 Å². The number of amides is 1. The number of aromatic nitrogens is 4. The molecule has 3 heterocycles. The molecule has 4 aromatic rings. The zero-order valence-corrected chi connectivity index (χ0v) is 14.3. The van der Waals surface area contributed by atoms with Gasteiger partial charge in [-0.15, -0.1) is 11.3 Å². The molecule has 1 amide bonds. The van der Waals surface area contributed by atoms with Crippen LogP contribution in [0.2, 0.25) is 0 Å². The van der Waals surface area contributed by atoms with Gasteiger partial charge in [0.15, 0.2) is 5.13 Å². The molecule has 0 aliphatic heterocycles. The average molecular weight is 349 g/mol. The summed E-state index contributed by atoms with van der Waals surface area (Å²) in [5.74, 6) is -0.129. The van der Waals surface area contributed by atoms with Crippen LogP contribution in [0.1, 0.15) is 13.0 Å². The summed E-state index contributed by atoms with van der Waals surface area (Å²) >= 11 is 1.40. The van der Waals surface area contributed by atoms with Crippen molar-refractivity contribution in [3.8, 4) is 11.3 Å². The van der Waals surface area contributed by atoms with Crippen molar-refractivity contribution >= 4 is 33.4 Å². The van der Waals surface area contributed by atoms with Crippen LogP contribution in [-0.4, -0.2) is 25.4 Å². The molecule has 7 heteroatoms. The van der Waals surface area contributed by atoms with Crippen LogP contribution in [0, 0.1) is 0 Å². The second-order valence-electron chi connectivity index (χ2n) is 5.59. The Morgan fingerprint density at radius 3 is 2.96 bits per heavy atom. The van der Waals surface area contributed by atoms with Gasteiger partial charge < -0.3 is 9.88 Å². The van der Waals surface area contributed by atoms with Gasteiger partial charge >= 0.3 is 0 Å². The molecule has 0 spiro atoms. The molecule has 0 bridgehead atoms. The maximum absolute atomic E-state index is 12.6. The van der Waals surface area contributed by atoms with E-state index in [0.717, 1.165) is 22.3 Å². The minimum atomic E-state index is -0.391. The molecule has 1 unspecified atom stereocenters. The molecule has 0 radical (unpaired) electrons. The van der Waals surface area contributed by atoms with Crippen molar-refractivity contribution in [2.24, 2.45) is 0 Å². The van der Waals surface area contributed by atoms with Crippen LogP contribution in [0.3, 0.4) is 0 Å². The molecule has 0 aliphatic rings. The van der Waals surface area contributed by atoms with Crippen LogP contribution in [0.5, 0.6) is 0 Å². The Bertz CT molecular complexity index is 1020. The molecule has 1 N–H and O–H groups in total. The Hall–Kier alpha value is -3.06. The van der Waals surface area contributed by atoms with Gasteiger partial charge in [0.25, 0.3) is 0 Å². The quantitative estimate of drug-likeness (QED) is 0.609. The molecule has 3 aromatic heterocycles. The van der Waals surface area contributed by atoms with Crippen molar-refractivity contribution < 1.29 is 4.79 Å². The van der Waals surface area contributed by atoms with Gasteiger partial charge in [-0.05, 0) is 31.2 Å². The topological polar surface area (TPSA) is 72.7 Å². The minimum Gasteiger partial charge on any atom is -0.318 e. The molecule has 124 valence electrons. The molecular formula is C18H15N5OS. The fourth-order valence-corrected chi connectivity index (χ4v) is 3.32. The third kappa shape index (κ3) is 3.01. The number of imidazole rings is 1. The van der Waals surface area contributed by atoms with E-state index in [1.165, 1.54) is 11.3 Å². The number of thiazole rings is 1. The van der Waals surface area contributed by atoms with Crippen LogP contribution in [-0.2, 0) is 4.79 Å². The predicted octanol–water partition coefficient (Wildman–Crippen LogP) is 3.75. The zero-order chi connectivity index (χ0) is 17.2. The van der Waals surface area contributed by atoms with Gasteiger partial charge in [0.1, 0.15) is 6.04 Å². The van der Waals surface area contributed by atoms with Crippen molar-refractivity contribution in [2.75, 3.05) is 5.32 Å². The number of nitrogens with one attached hydrogen (secondary N) is 1. The number of nitrogens with zero attached hydrogens (tertiary/aromatic N) is 4. The summed E-state index contributed by atoms with van der Waals surface area (Å²) in [6.45, 7) is 1.85. The molecule has 25 heavy (non-hydrogen) atoms. The van der Waals surface area contributed by atoms with Crippen LogP contribution in [0.25, 0.3) is 22.3 Å². The number of carbonyl (C=O) groups is 1. The fourth-order valence-electron chi connectivity index (χ4n) is 2.60. The third-order valence-electron chi connectivity index (χ3n) is 3.97. The zero-order valence-electron chi connectivity index (χ0n) is 13.5. The number of carbonyl (C=O) groups excluding carboxylic acids is 1. The smallest absolute Gasteiger partial charge is 0.248 e. The molecule has 1 atom stereocenters. The highest BCUT2D eigenvalue weighted by molar-refractivity contribution is 7.14. The average Bonchev–Trinajstić information content (AvgIpc) is 3.29. The Labute approximate surface area is 148 Å². The molecule has 1 aromatic carbocycles. The second kappa shape index (κ2) is 6.45. The lowest BCUT2D eigenvalue weighted by Crippen LogP contribution is -2.23. The van der Waals surface area contributed by atoms with E-state index in [-0.39, 0.29) is 5.91 Å². The number of pyridine rings is 1. The van der Waals surface area contributed by atoms with E-state index >= 15 is 0 Å². The summed E-state index contributed by atoms with van der Waals surface area (Å²) < 4.78 is 1.86. The highest BCUT2D eigenvalue weighted by Gasteiger charge is 2.18. The van der Waals surface area contributed by atoms with Gasteiger partial charge in [-0.3, -0.25) is 9.78 Å². The summed E-state index contributed by atoms with van der Waals surface area (Å²) in [4.78, 5) is 25.5. The first-order valence-corrected chi connectivity index (χ1v) is 8.69. The summed E-state index contributed by atoms with van der Waals surface area (Å²) in [6, 6.07) is 11.2. The monoisotopic (exact) mass is 349 g/mol. The lowest BCUT2D eigenvalue weighted by atomic mass is 10.2. The van der Waals surface area contributed by atoms with E-state index in [4.69, 9.17) is 0 Å². The standard InChI is InChI=1S/C18H15N5OS/c1-12(23-11-20-14-6-2-3-7-16(14)23)17(24)22-18-21-15(10-25-18)13-5-4-8-19-9-13/h2-12H,1H3,(H,21,22,24). The largest absolute Gasteiger partial charge is 0.318 e. The Kier molecular flexibility index (Phi) is 3.99. The number of anilines is 1. The number of hydrogen-bond acceptors (Lipinski definition) is 5. The molecule has 6 nitrogen and oxygen atoms in total. The maximum Gasteiger partial charge on any atom is 0.248 e. The Morgan fingerprint density at radius 1 is 1.24 bits per heavy atom. The first kappa shape index (κ1) is 15.5. The third-order valence-corrected chi connectivity index (χ3v) is 4.73. The summed E-state index contributed by atoms with van der Waals surface area (Å²) in [5, 5.41) is 5.36. The maximum atomic E-state index is 12.6. The van der Waals surface area contributed by atoms with Crippen LogP contribution >= 0.6 is 11.3 Å². The molecule has 0 fully saturated rings. The van der Waals surface area contributed by atoms with Gasteiger partial charge in [-0.25, -0.2) is 9.97 Å². The van der Waals surface area contributed by atoms with Crippen LogP contribution < -0.4 is 5.32 Å². The Balaban J connectivity index is 1.53. The van der Waals surface area contributed by atoms with Crippen LogP contribution in [0.15, 0.2) is 60.5 Å². The van der Waals surface area contributed by atoms with Gasteiger partial charge in [0, 0.05) is 23.3 Å². The number of hydrogen-bond donors (Lipinski definition) is 1. The van der Waals surface area contributed by atoms with E-state index in [0.29, 0.717) is 5.13 Å². The predicted molar refractivity (Wildman–Crippen MR) is 98.4 cm³/mol. The number of para-hydroxylation sites is 2. The highest BCUT2D eigenvalue weighted by Crippen LogP contribution is 2.25. The van der Waals surface area contributed by atoms with Gasteiger partial charge in [0.2, 0.25) is 5.91 Å². The molecule has 0 saturated heterocycles. The molecule has 0 aliphatic carbocycles. The van der Waals surface area contributed by atoms with Crippen molar-refractivity contribution in [3.63, 3.8) is 0 Å². The normalized spacial score (nSPS) is 12.2. The number of benzene rings is 1. The fraction of sp³-hybridized carbons (Fsp3) is 0.111. The van der Waals surface area contributed by atoms with Gasteiger partial charge in [-0.2, -0.15) is 0 Å². The number of rotatable bonds is 4. The second-order valence-corrected chi connectivity index (χ2v) is 6.44. The van der Waals surface area contributed by atoms with E-state index in [9.17, 15) is 4.79 Å². The van der Waals surface area contributed by atoms with E-state index in [2.05, 4.69) is 20.3 Å². The summed E-state index contributed by atoms with van der Waals surface area (Å²) in [5.41, 5.74) is 3.53. The summed E-state index contributed by atoms with van der Waals surface area (Å²) in [6.07, 6.45) is 5.16. The summed E-state index contributed by atoms with van der Waals surface area (Å²) in [7, 11) is 0. The SMILES string of the molecule is CC(C(=O)Nc1nc(-c2cccnc2)cs1)n1cnc2ccccc21. The highest BCUT2D eigenvalue weighted by atomic mass is 32.1. The van der Waals surface area contributed by atoms with Crippen molar-refractivity contribution in [1.29, 1.82) is 0 Å².